The number of amides is 1. The molecule has 0 atom stereocenters. The van der Waals surface area contributed by atoms with E-state index in [1.807, 2.05) is 56.3 Å². The molecule has 4 rings (SSSR count). The molecule has 0 bridgehead atoms. The van der Waals surface area contributed by atoms with E-state index in [4.69, 9.17) is 4.74 Å². The van der Waals surface area contributed by atoms with Crippen LogP contribution in [0.3, 0.4) is 0 Å². The molecule has 0 aliphatic heterocycles. The molecule has 0 unspecified atom stereocenters. The van der Waals surface area contributed by atoms with Gasteiger partial charge in [-0.1, -0.05) is 29.1 Å². The highest BCUT2D eigenvalue weighted by Crippen LogP contribution is 2.25. The van der Waals surface area contributed by atoms with Gasteiger partial charge in [-0.15, -0.1) is 5.10 Å². The third-order valence-electron chi connectivity index (χ3n) is 4.82. The van der Waals surface area contributed by atoms with Gasteiger partial charge in [0, 0.05) is 23.8 Å². The van der Waals surface area contributed by atoms with E-state index in [2.05, 4.69) is 25.6 Å². The number of benzene rings is 2. The predicted molar refractivity (Wildman–Crippen MR) is 123 cm³/mol. The van der Waals surface area contributed by atoms with Gasteiger partial charge in [0.25, 0.3) is 5.91 Å². The van der Waals surface area contributed by atoms with E-state index in [9.17, 15) is 4.79 Å². The Bertz CT molecular complexity index is 1230. The van der Waals surface area contributed by atoms with Crippen LogP contribution in [0.5, 0.6) is 5.75 Å². The second kappa shape index (κ2) is 9.61. The van der Waals surface area contributed by atoms with Crippen molar-refractivity contribution in [3.05, 3.63) is 83.4 Å². The van der Waals surface area contributed by atoms with Crippen molar-refractivity contribution in [2.24, 2.45) is 0 Å². The number of carbonyl (C=O) groups excluding carboxylic acids is 1. The summed E-state index contributed by atoms with van der Waals surface area (Å²) in [6.07, 6.45) is 3.37. The Morgan fingerprint density at radius 3 is 2.56 bits per heavy atom. The number of methoxy groups -OCH3 is 1. The largest absolute Gasteiger partial charge is 0.497 e. The molecule has 4 aromatic rings. The monoisotopic (exact) mass is 446 g/mol. The molecule has 1 N–H and O–H groups in total. The highest BCUT2D eigenvalue weighted by molar-refractivity contribution is 7.98. The topological polar surface area (TPSA) is 94.8 Å². The fraction of sp³-hybridized carbons (Fsp3) is 0.174. The van der Waals surface area contributed by atoms with Crippen LogP contribution in [-0.2, 0) is 5.75 Å². The first-order valence-electron chi connectivity index (χ1n) is 9.92. The zero-order valence-electron chi connectivity index (χ0n) is 17.9. The molecule has 0 saturated carbocycles. The van der Waals surface area contributed by atoms with E-state index in [1.54, 1.807) is 30.3 Å². The first-order valence-corrected chi connectivity index (χ1v) is 10.9. The van der Waals surface area contributed by atoms with Gasteiger partial charge in [-0.05, 0) is 61.4 Å². The molecule has 2 aromatic carbocycles. The smallest absolute Gasteiger partial charge is 0.278 e. The Morgan fingerprint density at radius 1 is 1.09 bits per heavy atom. The maximum absolute atomic E-state index is 13.2. The van der Waals surface area contributed by atoms with Crippen LogP contribution < -0.4 is 10.1 Å². The molecule has 0 aliphatic rings. The third kappa shape index (κ3) is 4.78. The van der Waals surface area contributed by atoms with Crippen molar-refractivity contribution in [3.8, 4) is 11.4 Å². The SMILES string of the molecule is COc1ccc(-n2nnc(C(=O)Nc3cc(C)ccc3C)c2CSc2ncccn2)cc1. The molecule has 2 aromatic heterocycles. The molecule has 9 heteroatoms. The number of nitrogens with zero attached hydrogens (tertiary/aromatic N) is 5. The van der Waals surface area contributed by atoms with E-state index in [0.29, 0.717) is 16.6 Å². The fourth-order valence-corrected chi connectivity index (χ4v) is 3.88. The summed E-state index contributed by atoms with van der Waals surface area (Å²) in [6.45, 7) is 3.93. The first kappa shape index (κ1) is 21.5. The van der Waals surface area contributed by atoms with Crippen molar-refractivity contribution in [1.82, 2.24) is 25.0 Å². The van der Waals surface area contributed by atoms with Gasteiger partial charge in [0.05, 0.1) is 18.5 Å². The molecule has 0 aliphatic carbocycles. The average Bonchev–Trinajstić information content (AvgIpc) is 3.25. The van der Waals surface area contributed by atoms with Gasteiger partial charge in [-0.3, -0.25) is 4.79 Å². The molecule has 32 heavy (non-hydrogen) atoms. The van der Waals surface area contributed by atoms with Crippen LogP contribution in [0.4, 0.5) is 5.69 Å². The average molecular weight is 447 g/mol. The molecular formula is C23H22N6O2S. The fourth-order valence-electron chi connectivity index (χ4n) is 3.08. The Kier molecular flexibility index (Phi) is 6.46. The van der Waals surface area contributed by atoms with Crippen molar-refractivity contribution in [2.45, 2.75) is 24.8 Å². The molecular weight excluding hydrogens is 424 g/mol. The maximum atomic E-state index is 13.2. The summed E-state index contributed by atoms with van der Waals surface area (Å²) in [5.41, 5.74) is 4.46. The summed E-state index contributed by atoms with van der Waals surface area (Å²) >= 11 is 1.41. The van der Waals surface area contributed by atoms with E-state index in [-0.39, 0.29) is 11.6 Å². The first-order chi connectivity index (χ1) is 15.5. The van der Waals surface area contributed by atoms with Crippen LogP contribution >= 0.6 is 11.8 Å². The molecule has 0 saturated heterocycles. The van der Waals surface area contributed by atoms with E-state index >= 15 is 0 Å². The van der Waals surface area contributed by atoms with Gasteiger partial charge in [0.15, 0.2) is 10.9 Å². The maximum Gasteiger partial charge on any atom is 0.278 e. The van der Waals surface area contributed by atoms with Crippen LogP contribution in [0, 0.1) is 13.8 Å². The molecule has 0 spiro atoms. The van der Waals surface area contributed by atoms with Gasteiger partial charge in [-0.2, -0.15) is 0 Å². The van der Waals surface area contributed by atoms with Crippen LogP contribution in [0.15, 0.2) is 66.1 Å². The normalized spacial score (nSPS) is 10.7. The lowest BCUT2D eigenvalue weighted by Crippen LogP contribution is -2.16. The summed E-state index contributed by atoms with van der Waals surface area (Å²) in [5, 5.41) is 12.1. The number of ether oxygens (including phenoxy) is 1. The number of carbonyl (C=O) groups is 1. The number of hydrogen-bond donors (Lipinski definition) is 1. The zero-order chi connectivity index (χ0) is 22.5. The number of rotatable bonds is 7. The van der Waals surface area contributed by atoms with E-state index < -0.39 is 0 Å². The van der Waals surface area contributed by atoms with Gasteiger partial charge in [-0.25, -0.2) is 14.6 Å². The zero-order valence-corrected chi connectivity index (χ0v) is 18.8. The van der Waals surface area contributed by atoms with Gasteiger partial charge < -0.3 is 10.1 Å². The number of aromatic nitrogens is 5. The van der Waals surface area contributed by atoms with Crippen molar-refractivity contribution in [3.63, 3.8) is 0 Å². The minimum absolute atomic E-state index is 0.255. The summed E-state index contributed by atoms with van der Waals surface area (Å²) in [4.78, 5) is 21.7. The minimum atomic E-state index is -0.317. The molecule has 0 radical (unpaired) electrons. The highest BCUT2D eigenvalue weighted by Gasteiger charge is 2.22. The van der Waals surface area contributed by atoms with Gasteiger partial charge in [0.1, 0.15) is 5.75 Å². The van der Waals surface area contributed by atoms with Crippen LogP contribution in [0.25, 0.3) is 5.69 Å². The lowest BCUT2D eigenvalue weighted by Gasteiger charge is -2.10. The number of aryl methyl sites for hydroxylation is 2. The summed E-state index contributed by atoms with van der Waals surface area (Å²) in [6, 6.07) is 15.1. The van der Waals surface area contributed by atoms with Crippen molar-refractivity contribution >= 4 is 23.4 Å². The van der Waals surface area contributed by atoms with Crippen LogP contribution in [0.2, 0.25) is 0 Å². The Hall–Kier alpha value is -3.72. The molecule has 162 valence electrons. The van der Waals surface area contributed by atoms with Crippen LogP contribution in [-0.4, -0.2) is 38.0 Å². The van der Waals surface area contributed by atoms with E-state index in [0.717, 1.165) is 28.3 Å². The molecule has 8 nitrogen and oxygen atoms in total. The highest BCUT2D eigenvalue weighted by atomic mass is 32.2. The Labute approximate surface area is 190 Å². The molecule has 2 heterocycles. The number of hydrogen-bond acceptors (Lipinski definition) is 7. The third-order valence-corrected chi connectivity index (χ3v) is 5.70. The molecule has 1 amide bonds. The number of nitrogens with one attached hydrogen (secondary N) is 1. The van der Waals surface area contributed by atoms with Crippen LogP contribution in [0.1, 0.15) is 27.3 Å². The summed E-state index contributed by atoms with van der Waals surface area (Å²) in [5.74, 6) is 0.830. The number of anilines is 1. The van der Waals surface area contributed by atoms with Crippen molar-refractivity contribution in [2.75, 3.05) is 12.4 Å². The Balaban J connectivity index is 1.68. The summed E-state index contributed by atoms with van der Waals surface area (Å²) in [7, 11) is 1.61. The second-order valence-corrected chi connectivity index (χ2v) is 8.03. The predicted octanol–water partition coefficient (Wildman–Crippen LogP) is 4.23. The lowest BCUT2D eigenvalue weighted by molar-refractivity contribution is 0.102. The molecule has 0 fully saturated rings. The summed E-state index contributed by atoms with van der Waals surface area (Å²) < 4.78 is 6.90. The lowest BCUT2D eigenvalue weighted by atomic mass is 10.1. The van der Waals surface area contributed by atoms with Gasteiger partial charge >= 0.3 is 0 Å². The second-order valence-electron chi connectivity index (χ2n) is 7.09. The van der Waals surface area contributed by atoms with Gasteiger partial charge in [0.2, 0.25) is 0 Å². The van der Waals surface area contributed by atoms with Crippen molar-refractivity contribution in [1.29, 1.82) is 0 Å². The quantitative estimate of drug-likeness (QED) is 0.335. The number of thioether (sulfide) groups is 1. The standard InChI is InChI=1S/C23H22N6O2S/c1-15-5-6-16(2)19(13-15)26-22(30)21-20(14-32-23-24-11-4-12-25-23)29(28-27-21)17-7-9-18(31-3)10-8-17/h4-13H,14H2,1-3H3,(H,26,30). The Morgan fingerprint density at radius 2 is 1.84 bits per heavy atom. The van der Waals surface area contributed by atoms with E-state index in [1.165, 1.54) is 11.8 Å². The van der Waals surface area contributed by atoms with Crippen molar-refractivity contribution < 1.29 is 9.53 Å². The minimum Gasteiger partial charge on any atom is -0.497 e.